The largest absolute Gasteiger partial charge is 0.340 e. The van der Waals surface area contributed by atoms with Crippen molar-refractivity contribution in [1.82, 2.24) is 18.4 Å². The van der Waals surface area contributed by atoms with E-state index in [0.29, 0.717) is 39.3 Å². The van der Waals surface area contributed by atoms with Crippen LogP contribution in [-0.4, -0.2) is 98.2 Å². The van der Waals surface area contributed by atoms with Crippen molar-refractivity contribution in [2.24, 2.45) is 11.7 Å². The summed E-state index contributed by atoms with van der Waals surface area (Å²) in [6.07, 6.45) is 2.53. The summed E-state index contributed by atoms with van der Waals surface area (Å²) >= 11 is 0. The van der Waals surface area contributed by atoms with Gasteiger partial charge in [0, 0.05) is 64.3 Å². The molecule has 2 aliphatic heterocycles. The number of rotatable bonds is 3. The summed E-state index contributed by atoms with van der Waals surface area (Å²) in [5, 5.41) is 0. The van der Waals surface area contributed by atoms with Crippen LogP contribution in [0.25, 0.3) is 0 Å². The third kappa shape index (κ3) is 4.64. The van der Waals surface area contributed by atoms with Gasteiger partial charge in [0.15, 0.2) is 0 Å². The molecule has 2 heterocycles. The zero-order valence-corrected chi connectivity index (χ0v) is 16.5. The summed E-state index contributed by atoms with van der Waals surface area (Å²) in [5.41, 5.74) is 5.90. The van der Waals surface area contributed by atoms with E-state index in [4.69, 9.17) is 5.73 Å². The van der Waals surface area contributed by atoms with E-state index in [0.717, 1.165) is 32.4 Å². The highest BCUT2D eigenvalue weighted by molar-refractivity contribution is 7.86. The van der Waals surface area contributed by atoms with Crippen molar-refractivity contribution < 1.29 is 13.2 Å². The topological polar surface area (TPSA) is 90.2 Å². The average molecular weight is 396 g/mol. The molecule has 1 aliphatic carbocycles. The Morgan fingerprint density at radius 2 is 1.44 bits per heavy atom. The molecule has 3 aliphatic rings. The van der Waals surface area contributed by atoms with E-state index in [1.54, 1.807) is 4.31 Å². The molecule has 1 saturated carbocycles. The molecule has 3 rings (SSSR count). The highest BCUT2D eigenvalue weighted by atomic mass is 35.5. The number of likely N-dealkylation sites (N-methyl/N-ethyl adjacent to an activating group) is 1. The molecular weight excluding hydrogens is 366 g/mol. The molecule has 0 aromatic rings. The van der Waals surface area contributed by atoms with Gasteiger partial charge in [-0.3, -0.25) is 4.79 Å². The smallest absolute Gasteiger partial charge is 0.282 e. The first-order valence-corrected chi connectivity index (χ1v) is 10.3. The lowest BCUT2D eigenvalue weighted by Gasteiger charge is -2.39. The number of halogens is 1. The second-order valence-electron chi connectivity index (χ2n) is 7.20. The van der Waals surface area contributed by atoms with E-state index in [-0.39, 0.29) is 30.3 Å². The van der Waals surface area contributed by atoms with E-state index >= 15 is 0 Å². The quantitative estimate of drug-likeness (QED) is 0.673. The summed E-state index contributed by atoms with van der Waals surface area (Å²) in [7, 11) is -1.40. The molecule has 0 radical (unpaired) electrons. The number of hydrogen-bond acceptors (Lipinski definition) is 5. The Labute approximate surface area is 156 Å². The first-order valence-electron chi connectivity index (χ1n) is 8.86. The normalized spacial score (nSPS) is 30.2. The molecule has 0 aromatic carbocycles. The maximum atomic E-state index is 12.7. The summed E-state index contributed by atoms with van der Waals surface area (Å²) in [6.45, 7) is 4.35. The number of amides is 1. The van der Waals surface area contributed by atoms with Gasteiger partial charge in [-0.25, -0.2) is 0 Å². The molecule has 0 bridgehead atoms. The van der Waals surface area contributed by atoms with Crippen LogP contribution in [-0.2, 0) is 15.0 Å². The van der Waals surface area contributed by atoms with Gasteiger partial charge < -0.3 is 15.5 Å². The van der Waals surface area contributed by atoms with Crippen LogP contribution >= 0.6 is 12.4 Å². The Hall–Kier alpha value is -0.450. The molecule has 0 spiro atoms. The zero-order valence-electron chi connectivity index (χ0n) is 14.8. The van der Waals surface area contributed by atoms with Crippen LogP contribution in [0.5, 0.6) is 0 Å². The van der Waals surface area contributed by atoms with Gasteiger partial charge in [-0.05, 0) is 26.3 Å². The number of nitrogens with two attached hydrogens (primary N) is 1. The lowest BCUT2D eigenvalue weighted by molar-refractivity contribution is -0.136. The van der Waals surface area contributed by atoms with Gasteiger partial charge in [-0.15, -0.1) is 12.4 Å². The predicted octanol–water partition coefficient (Wildman–Crippen LogP) is -0.828. The van der Waals surface area contributed by atoms with Crippen LogP contribution in [0.4, 0.5) is 0 Å². The highest BCUT2D eigenvalue weighted by Crippen LogP contribution is 2.26. The number of carbonyl (C=O) groups excluding carboxylic acids is 1. The Kier molecular flexibility index (Phi) is 7.09. The Bertz CT molecular complexity index is 560. The van der Waals surface area contributed by atoms with Gasteiger partial charge >= 0.3 is 0 Å². The second-order valence-corrected chi connectivity index (χ2v) is 9.13. The molecule has 2 saturated heterocycles. The fourth-order valence-electron chi connectivity index (χ4n) is 3.82. The molecule has 8 nitrogen and oxygen atoms in total. The van der Waals surface area contributed by atoms with Crippen molar-refractivity contribution in [3.8, 4) is 0 Å². The van der Waals surface area contributed by atoms with Crippen LogP contribution in [0.15, 0.2) is 0 Å². The number of hydrogen-bond donors (Lipinski definition) is 1. The molecule has 3 fully saturated rings. The third-order valence-corrected chi connectivity index (χ3v) is 7.52. The van der Waals surface area contributed by atoms with Crippen LogP contribution in [0.3, 0.4) is 0 Å². The van der Waals surface area contributed by atoms with Crippen molar-refractivity contribution in [3.05, 3.63) is 0 Å². The third-order valence-electron chi connectivity index (χ3n) is 5.49. The molecule has 2 unspecified atom stereocenters. The lowest BCUT2D eigenvalue weighted by atomic mass is 10.1. The van der Waals surface area contributed by atoms with E-state index in [2.05, 4.69) is 4.90 Å². The lowest BCUT2D eigenvalue weighted by Crippen LogP contribution is -2.57. The van der Waals surface area contributed by atoms with Crippen LogP contribution in [0.2, 0.25) is 0 Å². The Balaban J connectivity index is 0.00000225. The zero-order chi connectivity index (χ0) is 17.3. The summed E-state index contributed by atoms with van der Waals surface area (Å²) in [4.78, 5) is 16.5. The minimum Gasteiger partial charge on any atom is -0.340 e. The molecule has 0 aromatic heterocycles. The summed E-state index contributed by atoms with van der Waals surface area (Å²) in [6, 6.07) is 0.137. The highest BCUT2D eigenvalue weighted by Gasteiger charge is 2.37. The predicted molar refractivity (Wildman–Crippen MR) is 98.7 cm³/mol. The van der Waals surface area contributed by atoms with Gasteiger partial charge in [-0.1, -0.05) is 0 Å². The van der Waals surface area contributed by atoms with E-state index in [9.17, 15) is 13.2 Å². The maximum Gasteiger partial charge on any atom is 0.282 e. The fourth-order valence-corrected chi connectivity index (χ4v) is 5.40. The molecule has 2 N–H and O–H groups in total. The standard InChI is InChI=1S/C15H29N5O3S.ClH/c1-17-4-8-19(9-5-17)24(22,23)20-10-6-18(7-11-20)15(21)13-2-3-14(16)12-13;/h13-14H,2-12,16H2,1H3;1H. The second kappa shape index (κ2) is 8.49. The van der Waals surface area contributed by atoms with Crippen molar-refractivity contribution in [1.29, 1.82) is 0 Å². The molecule has 2 atom stereocenters. The van der Waals surface area contributed by atoms with Gasteiger partial charge in [0.25, 0.3) is 10.2 Å². The van der Waals surface area contributed by atoms with E-state index in [1.807, 2.05) is 11.9 Å². The maximum absolute atomic E-state index is 12.7. The van der Waals surface area contributed by atoms with Crippen molar-refractivity contribution in [2.75, 3.05) is 59.4 Å². The SMILES string of the molecule is CN1CCN(S(=O)(=O)N2CCN(C(=O)C3CCC(N)C3)CC2)CC1.Cl. The van der Waals surface area contributed by atoms with E-state index < -0.39 is 10.2 Å². The van der Waals surface area contributed by atoms with Gasteiger partial charge in [0.05, 0.1) is 0 Å². The van der Waals surface area contributed by atoms with Gasteiger partial charge in [-0.2, -0.15) is 17.0 Å². The number of carbonyl (C=O) groups is 1. The monoisotopic (exact) mass is 395 g/mol. The van der Waals surface area contributed by atoms with E-state index in [1.165, 1.54) is 4.31 Å². The molecule has 1 amide bonds. The Morgan fingerprint density at radius 3 is 1.92 bits per heavy atom. The molecular formula is C15H30ClN5O3S. The summed E-state index contributed by atoms with van der Waals surface area (Å²) in [5.74, 6) is 0.181. The minimum absolute atomic E-state index is 0. The summed E-state index contributed by atoms with van der Waals surface area (Å²) < 4.78 is 28.6. The molecule has 146 valence electrons. The van der Waals surface area contributed by atoms with Crippen LogP contribution < -0.4 is 5.73 Å². The number of piperazine rings is 2. The average Bonchev–Trinajstić information content (AvgIpc) is 3.01. The van der Waals surface area contributed by atoms with Crippen molar-refractivity contribution >= 4 is 28.5 Å². The fraction of sp³-hybridized carbons (Fsp3) is 0.933. The van der Waals surface area contributed by atoms with Crippen molar-refractivity contribution in [3.63, 3.8) is 0 Å². The van der Waals surface area contributed by atoms with Gasteiger partial charge in [0.1, 0.15) is 0 Å². The molecule has 25 heavy (non-hydrogen) atoms. The first-order chi connectivity index (χ1) is 11.4. The van der Waals surface area contributed by atoms with Crippen molar-refractivity contribution in [2.45, 2.75) is 25.3 Å². The van der Waals surface area contributed by atoms with Crippen LogP contribution in [0.1, 0.15) is 19.3 Å². The Morgan fingerprint density at radius 1 is 0.920 bits per heavy atom. The van der Waals surface area contributed by atoms with Gasteiger partial charge in [0.2, 0.25) is 5.91 Å². The minimum atomic E-state index is -3.40. The molecule has 10 heteroatoms. The number of nitrogens with zero attached hydrogens (tertiary/aromatic N) is 4. The first kappa shape index (κ1) is 20.9. The van der Waals surface area contributed by atoms with Crippen LogP contribution in [0, 0.1) is 5.92 Å².